The van der Waals surface area contributed by atoms with E-state index >= 15 is 0 Å². The molecule has 88 valence electrons. The average molecular weight is 229 g/mol. The molecule has 1 N–H and O–H groups in total. The summed E-state index contributed by atoms with van der Waals surface area (Å²) in [5.41, 5.74) is 1.40. The van der Waals surface area contributed by atoms with E-state index in [4.69, 9.17) is 5.26 Å². The van der Waals surface area contributed by atoms with E-state index in [2.05, 4.69) is 16.0 Å². The number of rotatable bonds is 1. The van der Waals surface area contributed by atoms with Crippen LogP contribution in [-0.4, -0.2) is 29.3 Å². The summed E-state index contributed by atoms with van der Waals surface area (Å²) in [6, 6.07) is 5.94. The summed E-state index contributed by atoms with van der Waals surface area (Å²) in [5, 5.41) is 18.9. The van der Waals surface area contributed by atoms with E-state index in [0.717, 1.165) is 31.6 Å². The van der Waals surface area contributed by atoms with Gasteiger partial charge in [-0.1, -0.05) is 0 Å². The van der Waals surface area contributed by atoms with Crippen LogP contribution in [-0.2, 0) is 0 Å². The van der Waals surface area contributed by atoms with Gasteiger partial charge in [-0.15, -0.1) is 0 Å². The minimum absolute atomic E-state index is 0.160. The highest BCUT2D eigenvalue weighted by Crippen LogP contribution is 2.40. The lowest BCUT2D eigenvalue weighted by Crippen LogP contribution is -2.25. The molecule has 0 radical (unpaired) electrons. The summed E-state index contributed by atoms with van der Waals surface area (Å²) in [7, 11) is 0. The zero-order valence-electron chi connectivity index (χ0n) is 9.58. The first-order valence-corrected chi connectivity index (χ1v) is 6.07. The Morgan fingerprint density at radius 1 is 1.41 bits per heavy atom. The molecule has 0 spiro atoms. The van der Waals surface area contributed by atoms with Crippen molar-refractivity contribution in [2.24, 2.45) is 11.8 Å². The highest BCUT2D eigenvalue weighted by molar-refractivity contribution is 5.56. The van der Waals surface area contributed by atoms with Crippen molar-refractivity contribution < 1.29 is 5.11 Å². The van der Waals surface area contributed by atoms with Crippen LogP contribution in [0.3, 0.4) is 0 Å². The number of nitrogens with zero attached hydrogens (tertiary/aromatic N) is 3. The molecule has 2 fully saturated rings. The number of hydrogen-bond donors (Lipinski definition) is 1. The highest BCUT2D eigenvalue weighted by Gasteiger charge is 2.42. The number of aliphatic hydroxyl groups excluding tert-OH is 1. The molecule has 1 saturated heterocycles. The summed E-state index contributed by atoms with van der Waals surface area (Å²) >= 11 is 0. The standard InChI is InChI=1S/C13H15N3O/c14-6-11-12(2-1-5-15-11)16-7-9-3-4-13(17)10(9)8-16/h1-2,5,9-10,13,17H,3-4,7-8H2. The fourth-order valence-electron chi connectivity index (χ4n) is 3.17. The van der Waals surface area contributed by atoms with Crippen LogP contribution >= 0.6 is 0 Å². The molecular weight excluding hydrogens is 214 g/mol. The zero-order chi connectivity index (χ0) is 11.8. The van der Waals surface area contributed by atoms with Crippen molar-refractivity contribution in [2.75, 3.05) is 18.0 Å². The molecule has 4 nitrogen and oxygen atoms in total. The van der Waals surface area contributed by atoms with E-state index in [9.17, 15) is 5.11 Å². The van der Waals surface area contributed by atoms with Crippen LogP contribution in [0.5, 0.6) is 0 Å². The average Bonchev–Trinajstić information content (AvgIpc) is 2.92. The second-order valence-electron chi connectivity index (χ2n) is 4.96. The van der Waals surface area contributed by atoms with Crippen LogP contribution in [0, 0.1) is 23.2 Å². The van der Waals surface area contributed by atoms with Gasteiger partial charge in [0.2, 0.25) is 0 Å². The Bertz CT molecular complexity index is 468. The molecule has 1 aromatic heterocycles. The first-order chi connectivity index (χ1) is 8.29. The summed E-state index contributed by atoms with van der Waals surface area (Å²) in [4.78, 5) is 6.29. The van der Waals surface area contributed by atoms with Crippen LogP contribution in [0.2, 0.25) is 0 Å². The first kappa shape index (κ1) is 10.5. The summed E-state index contributed by atoms with van der Waals surface area (Å²) in [6.45, 7) is 1.80. The smallest absolute Gasteiger partial charge is 0.163 e. The minimum Gasteiger partial charge on any atom is -0.393 e. The third kappa shape index (κ3) is 1.67. The van der Waals surface area contributed by atoms with Gasteiger partial charge in [-0.3, -0.25) is 0 Å². The molecule has 3 rings (SSSR count). The Morgan fingerprint density at radius 3 is 3.06 bits per heavy atom. The van der Waals surface area contributed by atoms with Crippen LogP contribution in [0.15, 0.2) is 18.3 Å². The van der Waals surface area contributed by atoms with Crippen LogP contribution in [0.25, 0.3) is 0 Å². The van der Waals surface area contributed by atoms with Crippen LogP contribution in [0.4, 0.5) is 5.69 Å². The van der Waals surface area contributed by atoms with Crippen LogP contribution in [0.1, 0.15) is 18.5 Å². The maximum absolute atomic E-state index is 9.88. The van der Waals surface area contributed by atoms with E-state index in [-0.39, 0.29) is 6.10 Å². The van der Waals surface area contributed by atoms with Crippen molar-refractivity contribution in [2.45, 2.75) is 18.9 Å². The molecule has 4 heteroatoms. The normalized spacial score (nSPS) is 31.3. The number of hydrogen-bond acceptors (Lipinski definition) is 4. The third-order valence-electron chi connectivity index (χ3n) is 4.05. The minimum atomic E-state index is -0.160. The highest BCUT2D eigenvalue weighted by atomic mass is 16.3. The molecule has 2 aliphatic rings. The molecule has 0 bridgehead atoms. The number of aromatic nitrogens is 1. The lowest BCUT2D eigenvalue weighted by molar-refractivity contribution is 0.133. The molecular formula is C13H15N3O. The molecule has 1 aromatic rings. The topological polar surface area (TPSA) is 60.2 Å². The molecule has 1 aliphatic heterocycles. The van der Waals surface area contributed by atoms with Gasteiger partial charge in [0.15, 0.2) is 5.69 Å². The van der Waals surface area contributed by atoms with Gasteiger partial charge >= 0.3 is 0 Å². The van der Waals surface area contributed by atoms with Gasteiger partial charge in [0.25, 0.3) is 0 Å². The van der Waals surface area contributed by atoms with E-state index in [0.29, 0.717) is 17.5 Å². The van der Waals surface area contributed by atoms with Gasteiger partial charge in [-0.25, -0.2) is 4.98 Å². The SMILES string of the molecule is N#Cc1ncccc1N1CC2CCC(O)C2C1. The lowest BCUT2D eigenvalue weighted by atomic mass is 10.00. The van der Waals surface area contributed by atoms with E-state index < -0.39 is 0 Å². The third-order valence-corrected chi connectivity index (χ3v) is 4.05. The van der Waals surface area contributed by atoms with Crippen molar-refractivity contribution in [1.29, 1.82) is 5.26 Å². The Morgan fingerprint density at radius 2 is 2.29 bits per heavy atom. The zero-order valence-corrected chi connectivity index (χ0v) is 9.58. The largest absolute Gasteiger partial charge is 0.393 e. The second-order valence-corrected chi connectivity index (χ2v) is 4.96. The number of anilines is 1. The molecule has 1 aliphatic carbocycles. The number of fused-ring (bicyclic) bond motifs is 1. The molecule has 0 amide bonds. The van der Waals surface area contributed by atoms with E-state index in [1.165, 1.54) is 0 Å². The fourth-order valence-corrected chi connectivity index (χ4v) is 3.17. The van der Waals surface area contributed by atoms with Gasteiger partial charge in [0.1, 0.15) is 6.07 Å². The molecule has 3 atom stereocenters. The van der Waals surface area contributed by atoms with E-state index in [1.54, 1.807) is 6.20 Å². The van der Waals surface area contributed by atoms with Crippen LogP contribution < -0.4 is 4.90 Å². The Kier molecular flexibility index (Phi) is 2.49. The number of nitriles is 1. The summed E-state index contributed by atoms with van der Waals surface area (Å²) < 4.78 is 0. The molecule has 3 unspecified atom stereocenters. The van der Waals surface area contributed by atoms with Gasteiger partial charge in [-0.2, -0.15) is 5.26 Å². The summed E-state index contributed by atoms with van der Waals surface area (Å²) in [5.74, 6) is 0.957. The molecule has 17 heavy (non-hydrogen) atoms. The summed E-state index contributed by atoms with van der Waals surface area (Å²) in [6.07, 6.45) is 3.52. The fraction of sp³-hybridized carbons (Fsp3) is 0.538. The Balaban J connectivity index is 1.86. The van der Waals surface area contributed by atoms with Gasteiger partial charge < -0.3 is 10.0 Å². The van der Waals surface area contributed by atoms with Crippen molar-refractivity contribution in [3.8, 4) is 6.07 Å². The second kappa shape index (κ2) is 4.01. The molecule has 2 heterocycles. The molecule has 0 aromatic carbocycles. The van der Waals surface area contributed by atoms with E-state index in [1.807, 2.05) is 12.1 Å². The Hall–Kier alpha value is -1.60. The first-order valence-electron chi connectivity index (χ1n) is 6.07. The predicted octanol–water partition coefficient (Wildman–Crippen LogP) is 1.16. The number of aliphatic hydroxyl groups is 1. The molecule has 1 saturated carbocycles. The number of pyridine rings is 1. The van der Waals surface area contributed by atoms with Crippen molar-refractivity contribution in [3.63, 3.8) is 0 Å². The maximum Gasteiger partial charge on any atom is 0.163 e. The monoisotopic (exact) mass is 229 g/mol. The predicted molar refractivity (Wildman–Crippen MR) is 63.4 cm³/mol. The quantitative estimate of drug-likeness (QED) is 0.785. The van der Waals surface area contributed by atoms with Crippen molar-refractivity contribution in [1.82, 2.24) is 4.98 Å². The maximum atomic E-state index is 9.88. The Labute approximate surface area is 101 Å². The van der Waals surface area contributed by atoms with Crippen molar-refractivity contribution in [3.05, 3.63) is 24.0 Å². The van der Waals surface area contributed by atoms with Gasteiger partial charge in [0, 0.05) is 25.2 Å². The van der Waals surface area contributed by atoms with Crippen molar-refractivity contribution >= 4 is 5.69 Å². The van der Waals surface area contributed by atoms with Gasteiger partial charge in [-0.05, 0) is 30.9 Å². The van der Waals surface area contributed by atoms with Gasteiger partial charge in [0.05, 0.1) is 11.8 Å². The lowest BCUT2D eigenvalue weighted by Gasteiger charge is -2.20.